The van der Waals surface area contributed by atoms with Gasteiger partial charge in [0, 0.05) is 26.1 Å². The van der Waals surface area contributed by atoms with E-state index in [0.717, 1.165) is 37.3 Å². The SMILES string of the molecule is O=C(CCn1c(=O)[nH]c(=O)c2ccccc21)Nc1ccccc1N1CCCC1. The summed E-state index contributed by atoms with van der Waals surface area (Å²) < 4.78 is 1.43. The van der Waals surface area contributed by atoms with Crippen LogP contribution in [-0.2, 0) is 11.3 Å². The summed E-state index contributed by atoms with van der Waals surface area (Å²) in [6, 6.07) is 14.7. The lowest BCUT2D eigenvalue weighted by molar-refractivity contribution is -0.116. The maximum atomic E-state index is 12.6. The van der Waals surface area contributed by atoms with Gasteiger partial charge in [-0.2, -0.15) is 0 Å². The van der Waals surface area contributed by atoms with Crippen molar-refractivity contribution in [3.63, 3.8) is 0 Å². The van der Waals surface area contributed by atoms with E-state index in [9.17, 15) is 14.4 Å². The van der Waals surface area contributed by atoms with Gasteiger partial charge in [0.15, 0.2) is 0 Å². The van der Waals surface area contributed by atoms with Gasteiger partial charge in [-0.3, -0.25) is 19.1 Å². The minimum atomic E-state index is -0.506. The maximum absolute atomic E-state index is 12.6. The lowest BCUT2D eigenvalue weighted by Gasteiger charge is -2.21. The highest BCUT2D eigenvalue weighted by Gasteiger charge is 2.16. The standard InChI is InChI=1S/C21H22N4O3/c26-19(22-16-8-2-4-10-18(16)24-12-5-6-13-24)11-14-25-17-9-3-1-7-15(17)20(27)23-21(25)28/h1-4,7-10H,5-6,11-14H2,(H,22,26)(H,23,27,28). The van der Waals surface area contributed by atoms with E-state index in [-0.39, 0.29) is 18.9 Å². The van der Waals surface area contributed by atoms with Crippen molar-refractivity contribution in [2.75, 3.05) is 23.3 Å². The Bertz CT molecular complexity index is 1130. The molecular weight excluding hydrogens is 356 g/mol. The lowest BCUT2D eigenvalue weighted by Crippen LogP contribution is -2.31. The molecule has 0 unspecified atom stereocenters. The Morgan fingerprint density at radius 2 is 1.71 bits per heavy atom. The normalized spacial score (nSPS) is 13.8. The molecule has 2 N–H and O–H groups in total. The number of hydrogen-bond acceptors (Lipinski definition) is 4. The van der Waals surface area contributed by atoms with Crippen LogP contribution in [0, 0.1) is 0 Å². The van der Waals surface area contributed by atoms with Crippen molar-refractivity contribution in [2.24, 2.45) is 0 Å². The number of amides is 1. The molecule has 0 aliphatic carbocycles. The van der Waals surface area contributed by atoms with E-state index in [1.54, 1.807) is 24.3 Å². The molecule has 1 aliphatic rings. The van der Waals surface area contributed by atoms with Crippen molar-refractivity contribution in [2.45, 2.75) is 25.8 Å². The first-order valence-corrected chi connectivity index (χ1v) is 9.49. The summed E-state index contributed by atoms with van der Waals surface area (Å²) >= 11 is 0. The maximum Gasteiger partial charge on any atom is 0.328 e. The van der Waals surface area contributed by atoms with Crippen LogP contribution in [0.15, 0.2) is 58.1 Å². The number of nitrogens with one attached hydrogen (secondary N) is 2. The van der Waals surface area contributed by atoms with E-state index in [1.807, 2.05) is 24.3 Å². The van der Waals surface area contributed by atoms with Crippen LogP contribution in [0.4, 0.5) is 11.4 Å². The number of rotatable bonds is 5. The van der Waals surface area contributed by atoms with Gasteiger partial charge < -0.3 is 10.2 Å². The van der Waals surface area contributed by atoms with Gasteiger partial charge in [-0.15, -0.1) is 0 Å². The molecule has 28 heavy (non-hydrogen) atoms. The number of benzene rings is 2. The van der Waals surface area contributed by atoms with Crippen molar-refractivity contribution in [1.82, 2.24) is 9.55 Å². The predicted octanol–water partition coefficient (Wildman–Crippen LogP) is 2.32. The highest BCUT2D eigenvalue weighted by atomic mass is 16.2. The first-order chi connectivity index (χ1) is 13.6. The summed E-state index contributed by atoms with van der Waals surface area (Å²) in [5.74, 6) is -0.172. The van der Waals surface area contributed by atoms with Crippen LogP contribution in [0.25, 0.3) is 10.9 Å². The first-order valence-electron chi connectivity index (χ1n) is 9.49. The van der Waals surface area contributed by atoms with E-state index in [1.165, 1.54) is 4.57 Å². The Morgan fingerprint density at radius 1 is 1.00 bits per heavy atom. The zero-order valence-electron chi connectivity index (χ0n) is 15.5. The van der Waals surface area contributed by atoms with Crippen LogP contribution in [-0.4, -0.2) is 28.5 Å². The molecule has 7 heteroatoms. The van der Waals surface area contributed by atoms with Crippen LogP contribution in [0.3, 0.4) is 0 Å². The van der Waals surface area contributed by atoms with Gasteiger partial charge in [0.2, 0.25) is 5.91 Å². The number of aromatic amines is 1. The summed E-state index contributed by atoms with van der Waals surface area (Å²) in [6.07, 6.45) is 2.44. The third-order valence-electron chi connectivity index (χ3n) is 5.09. The highest BCUT2D eigenvalue weighted by Crippen LogP contribution is 2.28. The Balaban J connectivity index is 1.52. The second-order valence-corrected chi connectivity index (χ2v) is 6.94. The Kier molecular flexibility index (Phi) is 4.97. The third kappa shape index (κ3) is 3.55. The molecule has 2 heterocycles. The van der Waals surface area contributed by atoms with Crippen LogP contribution < -0.4 is 21.5 Å². The van der Waals surface area contributed by atoms with Crippen molar-refractivity contribution < 1.29 is 4.79 Å². The van der Waals surface area contributed by atoms with Gasteiger partial charge in [-0.1, -0.05) is 24.3 Å². The fourth-order valence-electron chi connectivity index (χ4n) is 3.70. The molecule has 2 aromatic carbocycles. The molecule has 3 aromatic rings. The van der Waals surface area contributed by atoms with Crippen LogP contribution in [0.5, 0.6) is 0 Å². The molecule has 0 atom stereocenters. The molecule has 1 fully saturated rings. The number of carbonyl (C=O) groups is 1. The van der Waals surface area contributed by atoms with E-state index in [0.29, 0.717) is 10.9 Å². The summed E-state index contributed by atoms with van der Waals surface area (Å²) in [5, 5.41) is 3.40. The average molecular weight is 378 g/mol. The quantitative estimate of drug-likeness (QED) is 0.713. The van der Waals surface area contributed by atoms with Crippen LogP contribution >= 0.6 is 0 Å². The number of aryl methyl sites for hydroxylation is 1. The van der Waals surface area contributed by atoms with Gasteiger partial charge in [0.25, 0.3) is 5.56 Å². The molecular formula is C21H22N4O3. The van der Waals surface area contributed by atoms with Crippen molar-refractivity contribution in [3.8, 4) is 0 Å². The summed E-state index contributed by atoms with van der Waals surface area (Å²) in [5.41, 5.74) is 1.42. The molecule has 0 bridgehead atoms. The summed E-state index contributed by atoms with van der Waals surface area (Å²) in [4.78, 5) is 41.3. The van der Waals surface area contributed by atoms with Gasteiger partial charge in [0.05, 0.1) is 22.3 Å². The number of carbonyl (C=O) groups excluding carboxylic acids is 1. The van der Waals surface area contributed by atoms with Gasteiger partial charge >= 0.3 is 5.69 Å². The van der Waals surface area contributed by atoms with Gasteiger partial charge in [-0.05, 0) is 37.1 Å². The molecule has 0 saturated carbocycles. The number of anilines is 2. The smallest absolute Gasteiger partial charge is 0.328 e. The topological polar surface area (TPSA) is 87.2 Å². The van der Waals surface area contributed by atoms with E-state index < -0.39 is 11.2 Å². The van der Waals surface area contributed by atoms with Crippen molar-refractivity contribution in [1.29, 1.82) is 0 Å². The third-order valence-corrected chi connectivity index (χ3v) is 5.09. The second-order valence-electron chi connectivity index (χ2n) is 6.94. The average Bonchev–Trinajstić information content (AvgIpc) is 3.23. The lowest BCUT2D eigenvalue weighted by atomic mass is 10.2. The number of hydrogen-bond donors (Lipinski definition) is 2. The molecule has 0 radical (unpaired) electrons. The first kappa shape index (κ1) is 18.0. The molecule has 0 spiro atoms. The summed E-state index contributed by atoms with van der Waals surface area (Å²) in [7, 11) is 0. The van der Waals surface area contributed by atoms with Crippen LogP contribution in [0.2, 0.25) is 0 Å². The monoisotopic (exact) mass is 378 g/mol. The summed E-state index contributed by atoms with van der Waals surface area (Å²) in [6.45, 7) is 2.17. The fourth-order valence-corrected chi connectivity index (χ4v) is 3.70. The molecule has 1 aliphatic heterocycles. The number of fused-ring (bicyclic) bond motifs is 1. The highest BCUT2D eigenvalue weighted by molar-refractivity contribution is 5.94. The Hall–Kier alpha value is -3.35. The van der Waals surface area contributed by atoms with E-state index in [4.69, 9.17) is 0 Å². The largest absolute Gasteiger partial charge is 0.370 e. The molecule has 7 nitrogen and oxygen atoms in total. The minimum Gasteiger partial charge on any atom is -0.370 e. The number of aromatic nitrogens is 2. The molecule has 1 amide bonds. The number of para-hydroxylation sites is 3. The number of nitrogens with zero attached hydrogens (tertiary/aromatic N) is 2. The Morgan fingerprint density at radius 3 is 2.54 bits per heavy atom. The van der Waals surface area contributed by atoms with Gasteiger partial charge in [-0.25, -0.2) is 4.79 Å². The van der Waals surface area contributed by atoms with Crippen molar-refractivity contribution in [3.05, 3.63) is 69.4 Å². The van der Waals surface area contributed by atoms with E-state index in [2.05, 4.69) is 15.2 Å². The molecule has 1 aromatic heterocycles. The molecule has 1 saturated heterocycles. The van der Waals surface area contributed by atoms with Crippen molar-refractivity contribution >= 4 is 28.2 Å². The second kappa shape index (κ2) is 7.72. The molecule has 144 valence electrons. The zero-order chi connectivity index (χ0) is 19.5. The van der Waals surface area contributed by atoms with Crippen LogP contribution in [0.1, 0.15) is 19.3 Å². The number of H-pyrrole nitrogens is 1. The predicted molar refractivity (Wildman–Crippen MR) is 110 cm³/mol. The zero-order valence-corrected chi connectivity index (χ0v) is 15.5. The minimum absolute atomic E-state index is 0.129. The molecule has 4 rings (SSSR count). The van der Waals surface area contributed by atoms with E-state index >= 15 is 0 Å². The Labute approximate surface area is 161 Å². The fraction of sp³-hybridized carbons (Fsp3) is 0.286. The van der Waals surface area contributed by atoms with Gasteiger partial charge in [0.1, 0.15) is 0 Å².